The van der Waals surface area contributed by atoms with Crippen molar-refractivity contribution < 1.29 is 14.3 Å². The van der Waals surface area contributed by atoms with Crippen molar-refractivity contribution in [1.29, 1.82) is 0 Å². The SMILES string of the molecule is COC(=O)C1=C(C)N(C2CCCC2)C(=O)/C1=C\c1cccc2ccccc12. The van der Waals surface area contributed by atoms with Crippen LogP contribution in [-0.2, 0) is 14.3 Å². The van der Waals surface area contributed by atoms with Gasteiger partial charge in [-0.05, 0) is 42.2 Å². The third kappa shape index (κ3) is 2.95. The van der Waals surface area contributed by atoms with Gasteiger partial charge in [-0.25, -0.2) is 4.79 Å². The summed E-state index contributed by atoms with van der Waals surface area (Å²) in [4.78, 5) is 27.6. The van der Waals surface area contributed by atoms with E-state index in [9.17, 15) is 9.59 Å². The molecule has 2 aromatic rings. The largest absolute Gasteiger partial charge is 0.465 e. The summed E-state index contributed by atoms with van der Waals surface area (Å²) < 4.78 is 5.00. The molecule has 4 nitrogen and oxygen atoms in total. The maximum atomic E-state index is 13.3. The van der Waals surface area contributed by atoms with Crippen molar-refractivity contribution >= 4 is 28.7 Å². The molecule has 1 fully saturated rings. The number of nitrogens with zero attached hydrogens (tertiary/aromatic N) is 1. The number of esters is 1. The molecule has 4 rings (SSSR count). The van der Waals surface area contributed by atoms with Crippen LogP contribution in [0.5, 0.6) is 0 Å². The van der Waals surface area contributed by atoms with Gasteiger partial charge in [-0.3, -0.25) is 4.79 Å². The van der Waals surface area contributed by atoms with Crippen LogP contribution < -0.4 is 0 Å². The minimum Gasteiger partial charge on any atom is -0.465 e. The minimum absolute atomic E-state index is 0.0901. The summed E-state index contributed by atoms with van der Waals surface area (Å²) in [6.45, 7) is 1.85. The number of ether oxygens (including phenoxy) is 1. The highest BCUT2D eigenvalue weighted by Crippen LogP contribution is 2.37. The number of hydrogen-bond acceptors (Lipinski definition) is 3. The first-order valence-corrected chi connectivity index (χ1v) is 9.44. The first kappa shape index (κ1) is 17.5. The molecule has 1 heterocycles. The Balaban J connectivity index is 1.85. The zero-order valence-electron chi connectivity index (χ0n) is 15.7. The molecule has 1 aliphatic carbocycles. The zero-order chi connectivity index (χ0) is 19.0. The fourth-order valence-corrected chi connectivity index (χ4v) is 4.33. The number of amides is 1. The fraction of sp³-hybridized carbons (Fsp3) is 0.304. The molecule has 1 amide bonds. The van der Waals surface area contributed by atoms with Gasteiger partial charge in [0.2, 0.25) is 0 Å². The molecule has 0 saturated heterocycles. The molecule has 2 aromatic carbocycles. The number of carbonyl (C=O) groups excluding carboxylic acids is 2. The van der Waals surface area contributed by atoms with E-state index in [1.54, 1.807) is 0 Å². The minimum atomic E-state index is -0.451. The van der Waals surface area contributed by atoms with Crippen molar-refractivity contribution in [2.24, 2.45) is 0 Å². The molecule has 0 bridgehead atoms. The van der Waals surface area contributed by atoms with Crippen LogP contribution in [0.3, 0.4) is 0 Å². The molecular formula is C23H23NO3. The second kappa shape index (κ2) is 7.03. The second-order valence-corrected chi connectivity index (χ2v) is 7.19. The molecule has 0 aromatic heterocycles. The highest BCUT2D eigenvalue weighted by molar-refractivity contribution is 6.17. The van der Waals surface area contributed by atoms with Gasteiger partial charge in [0.25, 0.3) is 5.91 Å². The third-order valence-corrected chi connectivity index (χ3v) is 5.64. The van der Waals surface area contributed by atoms with Gasteiger partial charge in [0, 0.05) is 11.7 Å². The molecule has 1 saturated carbocycles. The second-order valence-electron chi connectivity index (χ2n) is 7.19. The molecule has 0 spiro atoms. The van der Waals surface area contributed by atoms with E-state index in [0.717, 1.165) is 42.0 Å². The van der Waals surface area contributed by atoms with Gasteiger partial charge in [0.15, 0.2) is 0 Å². The first-order chi connectivity index (χ1) is 13.1. The van der Waals surface area contributed by atoms with E-state index in [1.165, 1.54) is 7.11 Å². The van der Waals surface area contributed by atoms with Gasteiger partial charge in [-0.15, -0.1) is 0 Å². The van der Waals surface area contributed by atoms with Crippen LogP contribution >= 0.6 is 0 Å². The number of hydrogen-bond donors (Lipinski definition) is 0. The quantitative estimate of drug-likeness (QED) is 0.599. The van der Waals surface area contributed by atoms with E-state index in [2.05, 4.69) is 0 Å². The Bertz CT molecular complexity index is 975. The predicted octanol–water partition coefficient (Wildman–Crippen LogP) is 4.46. The lowest BCUT2D eigenvalue weighted by atomic mass is 9.99. The molecule has 4 heteroatoms. The van der Waals surface area contributed by atoms with E-state index >= 15 is 0 Å². The Kier molecular flexibility index (Phi) is 4.56. The summed E-state index contributed by atoms with van der Waals surface area (Å²) in [6.07, 6.45) is 6.06. The van der Waals surface area contributed by atoms with Crippen molar-refractivity contribution in [3.63, 3.8) is 0 Å². The molecule has 1 aliphatic heterocycles. The van der Waals surface area contributed by atoms with Crippen LogP contribution in [0.15, 0.2) is 59.3 Å². The number of fused-ring (bicyclic) bond motifs is 1. The molecule has 0 atom stereocenters. The average molecular weight is 361 g/mol. The van der Waals surface area contributed by atoms with Crippen LogP contribution in [0, 0.1) is 0 Å². The molecule has 2 aliphatic rings. The summed E-state index contributed by atoms with van der Waals surface area (Å²) in [7, 11) is 1.36. The van der Waals surface area contributed by atoms with E-state index in [-0.39, 0.29) is 11.9 Å². The van der Waals surface area contributed by atoms with Crippen LogP contribution in [0.4, 0.5) is 0 Å². The lowest BCUT2D eigenvalue weighted by Crippen LogP contribution is -2.34. The standard InChI is InChI=1S/C23H23NO3/c1-15-21(23(26)27-2)20(22(25)24(15)18-11-4-5-12-18)14-17-10-7-9-16-8-3-6-13-19(16)17/h3,6-10,13-14,18H,4-5,11-12H2,1-2H3/b20-14-. The molecule has 27 heavy (non-hydrogen) atoms. The number of allylic oxidation sites excluding steroid dienone is 1. The fourth-order valence-electron chi connectivity index (χ4n) is 4.33. The van der Waals surface area contributed by atoms with E-state index in [4.69, 9.17) is 4.74 Å². The number of benzene rings is 2. The summed E-state index contributed by atoms with van der Waals surface area (Å²) in [6, 6.07) is 14.2. The van der Waals surface area contributed by atoms with Gasteiger partial charge in [-0.2, -0.15) is 0 Å². The lowest BCUT2D eigenvalue weighted by molar-refractivity contribution is -0.136. The van der Waals surface area contributed by atoms with Crippen molar-refractivity contribution in [1.82, 2.24) is 4.90 Å². The topological polar surface area (TPSA) is 46.6 Å². The first-order valence-electron chi connectivity index (χ1n) is 9.44. The highest BCUT2D eigenvalue weighted by Gasteiger charge is 2.41. The van der Waals surface area contributed by atoms with Gasteiger partial charge < -0.3 is 9.64 Å². The van der Waals surface area contributed by atoms with Crippen molar-refractivity contribution in [3.05, 3.63) is 64.9 Å². The normalized spacial score (nSPS) is 19.6. The zero-order valence-corrected chi connectivity index (χ0v) is 15.7. The van der Waals surface area contributed by atoms with Gasteiger partial charge >= 0.3 is 5.97 Å². The van der Waals surface area contributed by atoms with Crippen LogP contribution in [-0.4, -0.2) is 29.9 Å². The Labute approximate surface area is 159 Å². The van der Waals surface area contributed by atoms with E-state index in [1.807, 2.05) is 60.4 Å². The third-order valence-electron chi connectivity index (χ3n) is 5.64. The monoisotopic (exact) mass is 361 g/mol. The molecule has 138 valence electrons. The van der Waals surface area contributed by atoms with Gasteiger partial charge in [0.05, 0.1) is 18.3 Å². The Morgan fingerprint density at radius 3 is 2.56 bits per heavy atom. The maximum Gasteiger partial charge on any atom is 0.340 e. The van der Waals surface area contributed by atoms with E-state index in [0.29, 0.717) is 16.8 Å². The molecule has 0 radical (unpaired) electrons. The van der Waals surface area contributed by atoms with Gasteiger partial charge in [0.1, 0.15) is 0 Å². The summed E-state index contributed by atoms with van der Waals surface area (Å²) in [5.74, 6) is -0.541. The van der Waals surface area contributed by atoms with Crippen LogP contribution in [0.2, 0.25) is 0 Å². The summed E-state index contributed by atoms with van der Waals surface area (Å²) in [5, 5.41) is 2.16. The van der Waals surface area contributed by atoms with Crippen LogP contribution in [0.1, 0.15) is 38.2 Å². The Hall–Kier alpha value is -2.88. The summed E-state index contributed by atoms with van der Waals surface area (Å²) in [5.41, 5.74) is 2.47. The molecule has 0 N–H and O–H groups in total. The van der Waals surface area contributed by atoms with E-state index < -0.39 is 5.97 Å². The predicted molar refractivity (Wildman–Crippen MR) is 106 cm³/mol. The Morgan fingerprint density at radius 2 is 1.81 bits per heavy atom. The number of carbonyl (C=O) groups is 2. The molecular weight excluding hydrogens is 338 g/mol. The van der Waals surface area contributed by atoms with Crippen molar-refractivity contribution in [3.8, 4) is 0 Å². The number of methoxy groups -OCH3 is 1. The van der Waals surface area contributed by atoms with Crippen LogP contribution in [0.25, 0.3) is 16.8 Å². The lowest BCUT2D eigenvalue weighted by Gasteiger charge is -2.25. The van der Waals surface area contributed by atoms with Crippen molar-refractivity contribution in [2.75, 3.05) is 7.11 Å². The number of rotatable bonds is 3. The highest BCUT2D eigenvalue weighted by atomic mass is 16.5. The van der Waals surface area contributed by atoms with Crippen molar-refractivity contribution in [2.45, 2.75) is 38.6 Å². The smallest absolute Gasteiger partial charge is 0.340 e. The maximum absolute atomic E-state index is 13.3. The molecule has 0 unspecified atom stereocenters. The average Bonchev–Trinajstić information content (AvgIpc) is 3.28. The van der Waals surface area contributed by atoms with Gasteiger partial charge in [-0.1, -0.05) is 55.3 Å². The Morgan fingerprint density at radius 1 is 1.11 bits per heavy atom. The summed E-state index contributed by atoms with van der Waals surface area (Å²) >= 11 is 0.